The van der Waals surface area contributed by atoms with Crippen LogP contribution in [0.15, 0.2) is 84.9 Å². The van der Waals surface area contributed by atoms with E-state index in [9.17, 15) is 4.79 Å². The third-order valence-corrected chi connectivity index (χ3v) is 6.77. The summed E-state index contributed by atoms with van der Waals surface area (Å²) >= 11 is 0. The number of likely N-dealkylation sites (N-methyl/N-ethyl adjacent to an activating group) is 1. The minimum Gasteiger partial charge on any atom is -0.378 e. The Morgan fingerprint density at radius 2 is 1.34 bits per heavy atom. The van der Waals surface area contributed by atoms with Crippen molar-refractivity contribution >= 4 is 11.7 Å². The summed E-state index contributed by atoms with van der Waals surface area (Å²) in [5.74, 6) is 0. The highest BCUT2D eigenvalue weighted by Crippen LogP contribution is 2.25. The van der Waals surface area contributed by atoms with Gasteiger partial charge in [-0.05, 0) is 35.9 Å². The van der Waals surface area contributed by atoms with Crippen molar-refractivity contribution in [3.05, 3.63) is 102 Å². The maximum absolute atomic E-state index is 13.2. The van der Waals surface area contributed by atoms with Gasteiger partial charge in [0, 0.05) is 52.5 Å². The quantitative estimate of drug-likeness (QED) is 0.519. The molecule has 0 spiro atoms. The molecular weight excluding hydrogens is 434 g/mol. The molecule has 1 saturated heterocycles. The average molecular weight is 472 g/mol. The van der Waals surface area contributed by atoms with Crippen molar-refractivity contribution < 1.29 is 4.79 Å². The number of carbonyl (C=O) groups is 1. The lowest BCUT2D eigenvalue weighted by Gasteiger charge is -2.38. The third-order valence-electron chi connectivity index (χ3n) is 6.77. The zero-order chi connectivity index (χ0) is 24.6. The third kappa shape index (κ3) is 6.62. The van der Waals surface area contributed by atoms with Crippen molar-refractivity contribution in [2.75, 3.05) is 58.8 Å². The molecule has 2 N–H and O–H groups in total. The number of anilines is 1. The van der Waals surface area contributed by atoms with Crippen LogP contribution in [0.2, 0.25) is 0 Å². The highest BCUT2D eigenvalue weighted by atomic mass is 16.2. The minimum atomic E-state index is -0.209. The Hall–Kier alpha value is -3.35. The molecule has 1 unspecified atom stereocenters. The lowest BCUT2D eigenvalue weighted by molar-refractivity contribution is 0.111. The summed E-state index contributed by atoms with van der Waals surface area (Å²) in [7, 11) is 6.26. The molecule has 3 aromatic carbocycles. The second-order valence-electron chi connectivity index (χ2n) is 9.45. The average Bonchev–Trinajstić information content (AvgIpc) is 2.89. The van der Waals surface area contributed by atoms with Gasteiger partial charge >= 0.3 is 6.03 Å². The first kappa shape index (κ1) is 24.8. The molecule has 184 valence electrons. The molecule has 1 heterocycles. The number of nitrogens with one attached hydrogen (secondary N) is 2. The predicted molar refractivity (Wildman–Crippen MR) is 144 cm³/mol. The Morgan fingerprint density at radius 3 is 1.86 bits per heavy atom. The van der Waals surface area contributed by atoms with Gasteiger partial charge in [0.05, 0.1) is 12.1 Å². The van der Waals surface area contributed by atoms with E-state index < -0.39 is 0 Å². The zero-order valence-corrected chi connectivity index (χ0v) is 21.0. The van der Waals surface area contributed by atoms with Gasteiger partial charge in [-0.3, -0.25) is 4.90 Å². The van der Waals surface area contributed by atoms with E-state index >= 15 is 0 Å². The van der Waals surface area contributed by atoms with Gasteiger partial charge in [-0.15, -0.1) is 0 Å². The van der Waals surface area contributed by atoms with Crippen molar-refractivity contribution in [2.24, 2.45) is 0 Å². The number of benzene rings is 3. The molecule has 6 heteroatoms. The Kier molecular flexibility index (Phi) is 8.40. The van der Waals surface area contributed by atoms with Crippen molar-refractivity contribution in [1.29, 1.82) is 0 Å². The number of hydrogen-bond acceptors (Lipinski definition) is 4. The van der Waals surface area contributed by atoms with Gasteiger partial charge < -0.3 is 20.4 Å². The minimum absolute atomic E-state index is 0.123. The van der Waals surface area contributed by atoms with Crippen molar-refractivity contribution in [3.8, 4) is 0 Å². The van der Waals surface area contributed by atoms with E-state index in [2.05, 4.69) is 95.0 Å². The second kappa shape index (κ2) is 11.9. The van der Waals surface area contributed by atoms with Crippen LogP contribution in [0.1, 0.15) is 28.8 Å². The summed E-state index contributed by atoms with van der Waals surface area (Å²) in [6.07, 6.45) is 0. The topological polar surface area (TPSA) is 50.9 Å². The standard InChI is InChI=1S/C29H37N5O/c1-32(2)26-16-14-23(15-17-26)27(34-20-18-33(3)19-21-34)22-30-29(35)31-28(24-10-6-4-7-11-24)25-12-8-5-9-13-25/h4-17,27-28H,18-22H2,1-3H3,(H2,30,31,35). The van der Waals surface area contributed by atoms with Crippen LogP contribution in [0.25, 0.3) is 0 Å². The van der Waals surface area contributed by atoms with Gasteiger partial charge in [0.2, 0.25) is 0 Å². The Morgan fingerprint density at radius 1 is 0.800 bits per heavy atom. The lowest BCUT2D eigenvalue weighted by Crippen LogP contribution is -2.49. The fourth-order valence-electron chi connectivity index (χ4n) is 4.61. The van der Waals surface area contributed by atoms with Crippen LogP contribution >= 0.6 is 0 Å². The van der Waals surface area contributed by atoms with Gasteiger partial charge in [0.1, 0.15) is 0 Å². The number of hydrogen-bond donors (Lipinski definition) is 2. The fourth-order valence-corrected chi connectivity index (χ4v) is 4.61. The van der Waals surface area contributed by atoms with Crippen molar-refractivity contribution in [2.45, 2.75) is 12.1 Å². The number of piperazine rings is 1. The molecule has 0 saturated carbocycles. The number of amides is 2. The predicted octanol–water partition coefficient (Wildman–Crippen LogP) is 4.13. The summed E-state index contributed by atoms with van der Waals surface area (Å²) in [5, 5.41) is 6.39. The van der Waals surface area contributed by atoms with Crippen LogP contribution in [0.4, 0.5) is 10.5 Å². The largest absolute Gasteiger partial charge is 0.378 e. The number of rotatable bonds is 8. The molecule has 1 aliphatic rings. The van der Waals surface area contributed by atoms with Gasteiger partial charge in [0.15, 0.2) is 0 Å². The number of carbonyl (C=O) groups excluding carboxylic acids is 1. The molecule has 2 amide bonds. The monoisotopic (exact) mass is 471 g/mol. The summed E-state index contributed by atoms with van der Waals surface area (Å²) in [4.78, 5) is 20.1. The van der Waals surface area contributed by atoms with Gasteiger partial charge in [-0.2, -0.15) is 0 Å². The molecule has 35 heavy (non-hydrogen) atoms. The molecule has 1 fully saturated rings. The fraction of sp³-hybridized carbons (Fsp3) is 0.345. The zero-order valence-electron chi connectivity index (χ0n) is 21.0. The van der Waals surface area contributed by atoms with Crippen LogP contribution in [0.5, 0.6) is 0 Å². The first-order chi connectivity index (χ1) is 17.0. The van der Waals surface area contributed by atoms with E-state index in [-0.39, 0.29) is 18.1 Å². The highest BCUT2D eigenvalue weighted by Gasteiger charge is 2.25. The molecule has 4 rings (SSSR count). The smallest absolute Gasteiger partial charge is 0.315 e. The Bertz CT molecular complexity index is 1010. The van der Waals surface area contributed by atoms with E-state index in [0.29, 0.717) is 6.54 Å². The van der Waals surface area contributed by atoms with Crippen LogP contribution in [-0.2, 0) is 0 Å². The van der Waals surface area contributed by atoms with E-state index in [1.807, 2.05) is 36.4 Å². The summed E-state index contributed by atoms with van der Waals surface area (Å²) in [6, 6.07) is 28.7. The maximum atomic E-state index is 13.2. The van der Waals surface area contributed by atoms with Gasteiger partial charge in [0.25, 0.3) is 0 Å². The molecule has 3 aromatic rings. The summed E-state index contributed by atoms with van der Waals surface area (Å²) in [5.41, 5.74) is 4.51. The SMILES string of the molecule is CN1CCN(C(CNC(=O)NC(c2ccccc2)c2ccccc2)c2ccc(N(C)C)cc2)CC1. The first-order valence-electron chi connectivity index (χ1n) is 12.4. The van der Waals surface area contributed by atoms with E-state index in [0.717, 1.165) is 37.3 Å². The van der Waals surface area contributed by atoms with Crippen molar-refractivity contribution in [1.82, 2.24) is 20.4 Å². The van der Waals surface area contributed by atoms with E-state index in [1.54, 1.807) is 0 Å². The molecule has 6 nitrogen and oxygen atoms in total. The highest BCUT2D eigenvalue weighted by molar-refractivity contribution is 5.75. The maximum Gasteiger partial charge on any atom is 0.315 e. The second-order valence-corrected chi connectivity index (χ2v) is 9.45. The molecule has 0 bridgehead atoms. The van der Waals surface area contributed by atoms with Gasteiger partial charge in [-0.25, -0.2) is 4.79 Å². The Labute approximate surface area is 209 Å². The van der Waals surface area contributed by atoms with Gasteiger partial charge in [-0.1, -0.05) is 72.8 Å². The molecule has 0 aliphatic carbocycles. The Balaban J connectivity index is 1.48. The van der Waals surface area contributed by atoms with Crippen LogP contribution in [0, 0.1) is 0 Å². The normalized spacial score (nSPS) is 15.5. The molecule has 1 aliphatic heterocycles. The van der Waals surface area contributed by atoms with E-state index in [1.165, 1.54) is 11.3 Å². The van der Waals surface area contributed by atoms with Crippen molar-refractivity contribution in [3.63, 3.8) is 0 Å². The number of urea groups is 1. The lowest BCUT2D eigenvalue weighted by atomic mass is 9.99. The van der Waals surface area contributed by atoms with Crippen LogP contribution < -0.4 is 15.5 Å². The molecule has 0 radical (unpaired) electrons. The van der Waals surface area contributed by atoms with E-state index in [4.69, 9.17) is 0 Å². The molecular formula is C29H37N5O. The summed E-state index contributed by atoms with van der Waals surface area (Å²) < 4.78 is 0. The summed E-state index contributed by atoms with van der Waals surface area (Å²) in [6.45, 7) is 4.57. The first-order valence-corrected chi connectivity index (χ1v) is 12.4. The number of nitrogens with zero attached hydrogens (tertiary/aromatic N) is 3. The molecule has 0 aromatic heterocycles. The van der Waals surface area contributed by atoms with Crippen LogP contribution in [-0.4, -0.2) is 69.7 Å². The molecule has 1 atom stereocenters. The van der Waals surface area contributed by atoms with Crippen LogP contribution in [0.3, 0.4) is 0 Å².